The molecule has 2 fully saturated rings. The van der Waals surface area contributed by atoms with Crippen molar-refractivity contribution in [2.75, 3.05) is 57.3 Å². The first-order valence-corrected chi connectivity index (χ1v) is 10.8. The lowest BCUT2D eigenvalue weighted by Gasteiger charge is -2.32. The van der Waals surface area contributed by atoms with Gasteiger partial charge < -0.3 is 10.3 Å². The van der Waals surface area contributed by atoms with Gasteiger partial charge in [-0.2, -0.15) is 11.8 Å². The minimum absolute atomic E-state index is 0. The average molecular weight is 441 g/mol. The highest BCUT2D eigenvalue weighted by molar-refractivity contribution is 7.99. The molecule has 2 saturated heterocycles. The van der Waals surface area contributed by atoms with Crippen LogP contribution in [0.25, 0.3) is 10.9 Å². The van der Waals surface area contributed by atoms with Crippen LogP contribution in [0.5, 0.6) is 0 Å². The van der Waals surface area contributed by atoms with E-state index in [-0.39, 0.29) is 24.8 Å². The van der Waals surface area contributed by atoms with Crippen molar-refractivity contribution in [1.29, 1.82) is 0 Å². The molecule has 0 bridgehead atoms. The van der Waals surface area contributed by atoms with Crippen LogP contribution in [0.1, 0.15) is 5.56 Å². The summed E-state index contributed by atoms with van der Waals surface area (Å²) in [5.41, 5.74) is 2.64. The molecular formula is C21H30Cl2N4S. The molecule has 0 radical (unpaired) electrons. The zero-order chi connectivity index (χ0) is 17.6. The van der Waals surface area contributed by atoms with Gasteiger partial charge in [-0.25, -0.2) is 0 Å². The van der Waals surface area contributed by atoms with Crippen molar-refractivity contribution in [1.82, 2.24) is 20.1 Å². The number of nitrogens with zero attached hydrogens (tertiary/aromatic N) is 2. The number of aromatic amines is 1. The van der Waals surface area contributed by atoms with Crippen molar-refractivity contribution in [2.24, 2.45) is 0 Å². The minimum Gasteiger partial charge on any atom is -0.361 e. The molecule has 1 atom stereocenters. The molecule has 0 aliphatic carbocycles. The van der Waals surface area contributed by atoms with E-state index in [1.54, 1.807) is 0 Å². The Kier molecular flexibility index (Phi) is 10.0. The second kappa shape index (κ2) is 12.0. The average Bonchev–Trinajstić information content (AvgIpc) is 3.09. The van der Waals surface area contributed by atoms with Gasteiger partial charge in [-0.05, 0) is 18.1 Å². The summed E-state index contributed by atoms with van der Waals surface area (Å²) in [6.45, 7) is 7.45. The van der Waals surface area contributed by atoms with Crippen molar-refractivity contribution in [3.05, 3.63) is 36.0 Å². The van der Waals surface area contributed by atoms with E-state index in [0.29, 0.717) is 6.04 Å². The van der Waals surface area contributed by atoms with Gasteiger partial charge in [0.05, 0.1) is 13.1 Å². The van der Waals surface area contributed by atoms with Crippen molar-refractivity contribution in [3.8, 4) is 11.8 Å². The van der Waals surface area contributed by atoms with Crippen LogP contribution < -0.4 is 5.32 Å². The Bertz CT molecular complexity index is 779. The highest BCUT2D eigenvalue weighted by Gasteiger charge is 2.20. The van der Waals surface area contributed by atoms with Gasteiger partial charge in [-0.1, -0.05) is 30.0 Å². The van der Waals surface area contributed by atoms with E-state index in [1.807, 2.05) is 0 Å². The number of aromatic nitrogens is 1. The van der Waals surface area contributed by atoms with E-state index in [9.17, 15) is 0 Å². The van der Waals surface area contributed by atoms with Gasteiger partial charge >= 0.3 is 0 Å². The Morgan fingerprint density at radius 2 is 1.75 bits per heavy atom. The summed E-state index contributed by atoms with van der Waals surface area (Å²) in [4.78, 5) is 8.36. The van der Waals surface area contributed by atoms with E-state index in [1.165, 1.54) is 41.1 Å². The van der Waals surface area contributed by atoms with E-state index in [0.717, 1.165) is 39.1 Å². The number of piperazine rings is 1. The van der Waals surface area contributed by atoms with Crippen LogP contribution in [0, 0.1) is 11.8 Å². The molecule has 2 N–H and O–H groups in total. The van der Waals surface area contributed by atoms with Gasteiger partial charge in [0.15, 0.2) is 0 Å². The number of thioether (sulfide) groups is 1. The number of fused-ring (bicyclic) bond motifs is 1. The molecule has 3 heterocycles. The molecule has 154 valence electrons. The van der Waals surface area contributed by atoms with Crippen LogP contribution in [0.15, 0.2) is 30.5 Å². The number of hydrogen-bond acceptors (Lipinski definition) is 4. The second-order valence-electron chi connectivity index (χ2n) is 7.19. The van der Waals surface area contributed by atoms with Crippen LogP contribution in [-0.2, 0) is 6.42 Å². The van der Waals surface area contributed by atoms with E-state index in [4.69, 9.17) is 0 Å². The molecule has 0 saturated carbocycles. The predicted octanol–water partition coefficient (Wildman–Crippen LogP) is 2.88. The van der Waals surface area contributed by atoms with Gasteiger partial charge in [0.1, 0.15) is 0 Å². The number of halogens is 2. The molecule has 4 rings (SSSR count). The topological polar surface area (TPSA) is 34.3 Å². The quantitative estimate of drug-likeness (QED) is 0.716. The third-order valence-electron chi connectivity index (χ3n) is 5.31. The maximum absolute atomic E-state index is 3.68. The van der Waals surface area contributed by atoms with E-state index >= 15 is 0 Å². The van der Waals surface area contributed by atoms with Crippen LogP contribution in [0.4, 0.5) is 0 Å². The van der Waals surface area contributed by atoms with Crippen LogP contribution in [0.3, 0.4) is 0 Å². The number of rotatable bonds is 4. The fourth-order valence-electron chi connectivity index (χ4n) is 3.84. The third kappa shape index (κ3) is 6.32. The van der Waals surface area contributed by atoms with Crippen LogP contribution in [0.2, 0.25) is 0 Å². The Labute approximate surface area is 185 Å². The van der Waals surface area contributed by atoms with Crippen molar-refractivity contribution in [2.45, 2.75) is 12.5 Å². The van der Waals surface area contributed by atoms with Gasteiger partial charge in [0, 0.05) is 67.4 Å². The lowest BCUT2D eigenvalue weighted by molar-refractivity contribution is 0.220. The summed E-state index contributed by atoms with van der Waals surface area (Å²) in [5, 5.41) is 5.03. The number of hydrogen-bond donors (Lipinski definition) is 2. The van der Waals surface area contributed by atoms with Crippen molar-refractivity contribution >= 4 is 47.5 Å². The maximum atomic E-state index is 3.68. The van der Waals surface area contributed by atoms with Crippen LogP contribution >= 0.6 is 36.6 Å². The fourth-order valence-corrected chi connectivity index (χ4v) is 4.81. The molecule has 2 aliphatic rings. The third-order valence-corrected chi connectivity index (χ3v) is 6.26. The fraction of sp³-hybridized carbons (Fsp3) is 0.524. The number of H-pyrrole nitrogens is 1. The SMILES string of the molecule is C(#CCN1CCNC(Cc2c[nH]c3ccccc23)C1)CN1CCSCC1.Cl.Cl. The Hall–Kier alpha value is -0.870. The van der Waals surface area contributed by atoms with Crippen molar-refractivity contribution in [3.63, 3.8) is 0 Å². The molecule has 2 aliphatic heterocycles. The summed E-state index contributed by atoms with van der Waals surface area (Å²) in [5.74, 6) is 9.31. The van der Waals surface area contributed by atoms with Gasteiger partial charge in [-0.15, -0.1) is 24.8 Å². The molecule has 1 aromatic heterocycles. The summed E-state index contributed by atoms with van der Waals surface area (Å²) in [7, 11) is 0. The summed E-state index contributed by atoms with van der Waals surface area (Å²) >= 11 is 2.06. The summed E-state index contributed by atoms with van der Waals surface area (Å²) in [6.07, 6.45) is 3.24. The Morgan fingerprint density at radius 3 is 2.57 bits per heavy atom. The van der Waals surface area contributed by atoms with Gasteiger partial charge in [-0.3, -0.25) is 9.80 Å². The van der Waals surface area contributed by atoms with E-state index in [2.05, 4.69) is 74.2 Å². The lowest BCUT2D eigenvalue weighted by atomic mass is 10.0. The predicted molar refractivity (Wildman–Crippen MR) is 126 cm³/mol. The molecule has 1 aromatic carbocycles. The standard InChI is InChI=1S/C21H28N4S.2ClH/c1-2-6-21-20(5-1)18(16-23-21)15-19-17-25(10-7-22-19)9-4-3-8-24-11-13-26-14-12-24;;/h1-2,5-6,16,19,22-23H,7-15,17H2;2*1H. The molecular weight excluding hydrogens is 411 g/mol. The number of para-hydroxylation sites is 1. The maximum Gasteiger partial charge on any atom is 0.0603 e. The molecule has 0 amide bonds. The lowest BCUT2D eigenvalue weighted by Crippen LogP contribution is -2.51. The minimum atomic E-state index is 0. The highest BCUT2D eigenvalue weighted by Crippen LogP contribution is 2.19. The summed E-state index contributed by atoms with van der Waals surface area (Å²) < 4.78 is 0. The first-order chi connectivity index (χ1) is 12.9. The largest absolute Gasteiger partial charge is 0.361 e. The first kappa shape index (κ1) is 23.4. The molecule has 1 unspecified atom stereocenters. The molecule has 7 heteroatoms. The zero-order valence-electron chi connectivity index (χ0n) is 16.2. The molecule has 28 heavy (non-hydrogen) atoms. The monoisotopic (exact) mass is 440 g/mol. The first-order valence-electron chi connectivity index (χ1n) is 9.65. The molecule has 2 aromatic rings. The van der Waals surface area contributed by atoms with Gasteiger partial charge in [0.2, 0.25) is 0 Å². The Morgan fingerprint density at radius 1 is 1.00 bits per heavy atom. The normalized spacial score (nSPS) is 20.6. The second-order valence-corrected chi connectivity index (χ2v) is 8.42. The number of benzene rings is 1. The molecule has 4 nitrogen and oxygen atoms in total. The van der Waals surface area contributed by atoms with E-state index < -0.39 is 0 Å². The Balaban J connectivity index is 0.00000140. The molecule has 0 spiro atoms. The summed E-state index contributed by atoms with van der Waals surface area (Å²) in [6, 6.07) is 9.08. The number of nitrogens with one attached hydrogen (secondary N) is 2. The zero-order valence-corrected chi connectivity index (χ0v) is 18.6. The van der Waals surface area contributed by atoms with Crippen molar-refractivity contribution < 1.29 is 0 Å². The van der Waals surface area contributed by atoms with Crippen LogP contribution in [-0.4, -0.2) is 78.1 Å². The highest BCUT2D eigenvalue weighted by atomic mass is 35.5. The smallest absolute Gasteiger partial charge is 0.0603 e. The van der Waals surface area contributed by atoms with Gasteiger partial charge in [0.25, 0.3) is 0 Å².